The van der Waals surface area contributed by atoms with Gasteiger partial charge in [-0.2, -0.15) is 0 Å². The minimum absolute atomic E-state index is 0.0450. The number of hydrogen-bond acceptors (Lipinski definition) is 3. The number of carbonyl (C=O) groups excluding carboxylic acids is 2. The summed E-state index contributed by atoms with van der Waals surface area (Å²) in [7, 11) is 0. The summed E-state index contributed by atoms with van der Waals surface area (Å²) in [5.74, 6) is 0.0519. The van der Waals surface area contributed by atoms with E-state index in [1.807, 2.05) is 13.8 Å². The Balaban J connectivity index is 2.26. The molecule has 20 heavy (non-hydrogen) atoms. The van der Waals surface area contributed by atoms with E-state index in [0.717, 1.165) is 5.56 Å². The molecule has 1 aliphatic heterocycles. The molecule has 2 atom stereocenters. The molecule has 0 aromatic heterocycles. The van der Waals surface area contributed by atoms with Gasteiger partial charge in [-0.15, -0.1) is 0 Å². The monoisotopic (exact) mass is 276 g/mol. The topological polar surface area (TPSA) is 69.6 Å². The number of phenols is 1. The molecule has 0 radical (unpaired) electrons. The maximum absolute atomic E-state index is 12.3. The first-order valence-electron chi connectivity index (χ1n) is 6.79. The van der Waals surface area contributed by atoms with Gasteiger partial charge in [-0.1, -0.05) is 26.0 Å². The first-order valence-corrected chi connectivity index (χ1v) is 6.79. The molecule has 1 saturated heterocycles. The van der Waals surface area contributed by atoms with E-state index in [1.54, 1.807) is 36.1 Å². The fraction of sp³-hybridized carbons (Fsp3) is 0.467. The number of benzene rings is 1. The van der Waals surface area contributed by atoms with Crippen molar-refractivity contribution in [3.8, 4) is 5.75 Å². The number of phenolic OH excluding ortho intramolecular Hbond substituents is 1. The second kappa shape index (κ2) is 5.53. The Kier molecular flexibility index (Phi) is 3.97. The van der Waals surface area contributed by atoms with Crippen LogP contribution in [0.5, 0.6) is 5.75 Å². The van der Waals surface area contributed by atoms with Gasteiger partial charge in [0.05, 0.1) is 0 Å². The van der Waals surface area contributed by atoms with Crippen molar-refractivity contribution in [2.24, 2.45) is 5.92 Å². The Bertz CT molecular complexity index is 510. The lowest BCUT2D eigenvalue weighted by Gasteiger charge is -2.40. The molecule has 2 rings (SSSR count). The lowest BCUT2D eigenvalue weighted by molar-refractivity contribution is -0.151. The molecular weight excluding hydrogens is 256 g/mol. The number of aromatic hydroxyl groups is 1. The number of nitrogens with zero attached hydrogens (tertiary/aromatic N) is 1. The zero-order chi connectivity index (χ0) is 14.9. The second-order valence-corrected chi connectivity index (χ2v) is 5.55. The number of carbonyl (C=O) groups is 2. The lowest BCUT2D eigenvalue weighted by atomic mass is 9.96. The van der Waals surface area contributed by atoms with Gasteiger partial charge in [0, 0.05) is 6.54 Å². The zero-order valence-corrected chi connectivity index (χ0v) is 12.0. The predicted octanol–water partition coefficient (Wildman–Crippen LogP) is 1.26. The lowest BCUT2D eigenvalue weighted by Crippen LogP contribution is -2.63. The third-order valence-electron chi connectivity index (χ3n) is 3.54. The Labute approximate surface area is 118 Å². The van der Waals surface area contributed by atoms with Crippen molar-refractivity contribution in [1.29, 1.82) is 0 Å². The maximum Gasteiger partial charge on any atom is 0.245 e. The molecule has 0 saturated carbocycles. The molecule has 0 bridgehead atoms. The Morgan fingerprint density at radius 3 is 2.40 bits per heavy atom. The van der Waals surface area contributed by atoms with E-state index in [1.165, 1.54) is 0 Å². The summed E-state index contributed by atoms with van der Waals surface area (Å²) >= 11 is 0. The fourth-order valence-electron chi connectivity index (χ4n) is 2.52. The van der Waals surface area contributed by atoms with Gasteiger partial charge < -0.3 is 15.3 Å². The molecule has 0 aliphatic carbocycles. The number of rotatable bonds is 3. The molecule has 2 unspecified atom stereocenters. The largest absolute Gasteiger partial charge is 0.508 e. The van der Waals surface area contributed by atoms with Crippen molar-refractivity contribution in [2.75, 3.05) is 0 Å². The van der Waals surface area contributed by atoms with Crippen molar-refractivity contribution < 1.29 is 14.7 Å². The van der Waals surface area contributed by atoms with Crippen LogP contribution in [-0.4, -0.2) is 33.9 Å². The van der Waals surface area contributed by atoms with Gasteiger partial charge in [-0.3, -0.25) is 9.59 Å². The molecular formula is C15H20N2O3. The predicted molar refractivity (Wildman–Crippen MR) is 74.9 cm³/mol. The van der Waals surface area contributed by atoms with E-state index in [2.05, 4.69) is 5.32 Å². The van der Waals surface area contributed by atoms with Crippen LogP contribution in [0.25, 0.3) is 0 Å². The minimum Gasteiger partial charge on any atom is -0.508 e. The van der Waals surface area contributed by atoms with E-state index < -0.39 is 12.1 Å². The number of hydrogen-bond donors (Lipinski definition) is 2. The van der Waals surface area contributed by atoms with Crippen LogP contribution in [0.4, 0.5) is 0 Å². The van der Waals surface area contributed by atoms with Crippen LogP contribution in [0.3, 0.4) is 0 Å². The Hall–Kier alpha value is -2.04. The molecule has 1 aromatic rings. The summed E-state index contributed by atoms with van der Waals surface area (Å²) in [5, 5.41) is 12.0. The van der Waals surface area contributed by atoms with Crippen LogP contribution >= 0.6 is 0 Å². The van der Waals surface area contributed by atoms with Crippen LogP contribution in [0.2, 0.25) is 0 Å². The van der Waals surface area contributed by atoms with Crippen molar-refractivity contribution in [2.45, 2.75) is 39.4 Å². The van der Waals surface area contributed by atoms with Gasteiger partial charge in [-0.25, -0.2) is 0 Å². The van der Waals surface area contributed by atoms with Crippen LogP contribution in [0.15, 0.2) is 24.3 Å². The van der Waals surface area contributed by atoms with Gasteiger partial charge in [0.25, 0.3) is 0 Å². The van der Waals surface area contributed by atoms with Crippen molar-refractivity contribution in [3.05, 3.63) is 29.8 Å². The Morgan fingerprint density at radius 1 is 1.25 bits per heavy atom. The first-order chi connectivity index (χ1) is 9.40. The average molecular weight is 276 g/mol. The molecule has 1 heterocycles. The molecule has 5 nitrogen and oxygen atoms in total. The highest BCUT2D eigenvalue weighted by Gasteiger charge is 2.39. The minimum atomic E-state index is -0.491. The molecule has 2 amide bonds. The number of piperazine rings is 1. The highest BCUT2D eigenvalue weighted by molar-refractivity contribution is 5.96. The summed E-state index contributed by atoms with van der Waals surface area (Å²) in [6.07, 6.45) is 0. The van der Waals surface area contributed by atoms with Gasteiger partial charge >= 0.3 is 0 Å². The Morgan fingerprint density at radius 2 is 1.85 bits per heavy atom. The maximum atomic E-state index is 12.3. The SMILES string of the molecule is CC1NC(=O)C(C(C)C)N(Cc2ccc(O)cc2)C1=O. The third kappa shape index (κ3) is 2.76. The van der Waals surface area contributed by atoms with E-state index in [0.29, 0.717) is 6.54 Å². The van der Waals surface area contributed by atoms with Crippen molar-refractivity contribution >= 4 is 11.8 Å². The van der Waals surface area contributed by atoms with E-state index >= 15 is 0 Å². The fourth-order valence-corrected chi connectivity index (χ4v) is 2.52. The molecule has 0 spiro atoms. The highest BCUT2D eigenvalue weighted by Crippen LogP contribution is 2.21. The molecule has 1 aliphatic rings. The quantitative estimate of drug-likeness (QED) is 0.873. The van der Waals surface area contributed by atoms with Gasteiger partial charge in [0.1, 0.15) is 17.8 Å². The average Bonchev–Trinajstić information content (AvgIpc) is 2.37. The second-order valence-electron chi connectivity index (χ2n) is 5.55. The smallest absolute Gasteiger partial charge is 0.245 e. The van der Waals surface area contributed by atoms with Crippen molar-refractivity contribution in [3.63, 3.8) is 0 Å². The van der Waals surface area contributed by atoms with E-state index in [4.69, 9.17) is 0 Å². The first kappa shape index (κ1) is 14.4. The number of amides is 2. The standard InChI is InChI=1S/C15H20N2O3/c1-9(2)13-14(19)16-10(3)15(20)17(13)8-11-4-6-12(18)7-5-11/h4-7,9-10,13,18H,8H2,1-3H3,(H,16,19). The normalized spacial score (nSPS) is 23.1. The summed E-state index contributed by atoms with van der Waals surface area (Å²) in [4.78, 5) is 26.0. The summed E-state index contributed by atoms with van der Waals surface area (Å²) in [6.45, 7) is 5.93. The van der Waals surface area contributed by atoms with Crippen molar-refractivity contribution in [1.82, 2.24) is 10.2 Å². The van der Waals surface area contributed by atoms with Gasteiger partial charge in [-0.05, 0) is 30.5 Å². The van der Waals surface area contributed by atoms with Crippen LogP contribution in [0.1, 0.15) is 26.3 Å². The van der Waals surface area contributed by atoms with Crippen LogP contribution in [0, 0.1) is 5.92 Å². The van der Waals surface area contributed by atoms with E-state index in [-0.39, 0.29) is 23.5 Å². The molecule has 1 aromatic carbocycles. The van der Waals surface area contributed by atoms with Gasteiger partial charge in [0.2, 0.25) is 11.8 Å². The summed E-state index contributed by atoms with van der Waals surface area (Å²) in [6, 6.07) is 5.74. The van der Waals surface area contributed by atoms with Gasteiger partial charge in [0.15, 0.2) is 0 Å². The molecule has 1 fully saturated rings. The summed E-state index contributed by atoms with van der Waals surface area (Å²) < 4.78 is 0. The summed E-state index contributed by atoms with van der Waals surface area (Å²) in [5.41, 5.74) is 0.892. The van der Waals surface area contributed by atoms with Crippen LogP contribution in [-0.2, 0) is 16.1 Å². The third-order valence-corrected chi connectivity index (χ3v) is 3.54. The molecule has 2 N–H and O–H groups in total. The number of nitrogens with one attached hydrogen (secondary N) is 1. The van der Waals surface area contributed by atoms with E-state index in [9.17, 15) is 14.7 Å². The highest BCUT2D eigenvalue weighted by atomic mass is 16.3. The van der Waals surface area contributed by atoms with Crippen LogP contribution < -0.4 is 5.32 Å². The molecule has 5 heteroatoms. The molecule has 108 valence electrons. The zero-order valence-electron chi connectivity index (χ0n) is 12.0.